The molecule has 1 aromatic rings. The van der Waals surface area contributed by atoms with Crippen LogP contribution in [0.1, 0.15) is 49.4 Å². The third kappa shape index (κ3) is 3.10. The highest BCUT2D eigenvalue weighted by molar-refractivity contribution is 9.10. The first-order valence-electron chi connectivity index (χ1n) is 6.65. The first-order valence-corrected chi connectivity index (χ1v) is 7.44. The van der Waals surface area contributed by atoms with Crippen LogP contribution in [0.25, 0.3) is 0 Å². The lowest BCUT2D eigenvalue weighted by Gasteiger charge is -2.35. The predicted molar refractivity (Wildman–Crippen MR) is 75.5 cm³/mol. The van der Waals surface area contributed by atoms with Crippen LogP contribution >= 0.6 is 15.9 Å². The molecular weight excluding hydrogens is 292 g/mol. The molecule has 0 N–H and O–H groups in total. The molecule has 1 unspecified atom stereocenters. The van der Waals surface area contributed by atoms with Crippen LogP contribution in [0, 0.1) is 0 Å². The number of carbonyl (C=O) groups excluding carboxylic acids is 1. The summed E-state index contributed by atoms with van der Waals surface area (Å²) in [6.45, 7) is 3.07. The molecule has 1 atom stereocenters. The fourth-order valence-electron chi connectivity index (χ4n) is 2.57. The van der Waals surface area contributed by atoms with Crippen LogP contribution in [0.3, 0.4) is 0 Å². The number of hydrogen-bond acceptors (Lipinski definition) is 2. The molecule has 1 aromatic heterocycles. The largest absolute Gasteiger partial charge is 0.336 e. The molecule has 1 fully saturated rings. The van der Waals surface area contributed by atoms with Gasteiger partial charge in [0.1, 0.15) is 4.60 Å². The van der Waals surface area contributed by atoms with Crippen molar-refractivity contribution >= 4 is 21.8 Å². The maximum absolute atomic E-state index is 12.5. The third-order valence-corrected chi connectivity index (χ3v) is 3.95. The average Bonchev–Trinajstić information content (AvgIpc) is 2.40. The molecule has 1 aliphatic heterocycles. The van der Waals surface area contributed by atoms with Crippen LogP contribution in [0.2, 0.25) is 0 Å². The number of carbonyl (C=O) groups is 1. The Kier molecular flexibility index (Phi) is 4.75. The molecule has 1 aliphatic rings. The van der Waals surface area contributed by atoms with E-state index in [4.69, 9.17) is 0 Å². The predicted octanol–water partition coefficient (Wildman–Crippen LogP) is 3.64. The van der Waals surface area contributed by atoms with Gasteiger partial charge < -0.3 is 4.90 Å². The number of hydrogen-bond donors (Lipinski definition) is 0. The lowest BCUT2D eigenvalue weighted by atomic mass is 9.97. The van der Waals surface area contributed by atoms with E-state index in [1.165, 1.54) is 6.42 Å². The van der Waals surface area contributed by atoms with Gasteiger partial charge in [-0.05, 0) is 53.7 Å². The number of piperidine rings is 1. The summed E-state index contributed by atoms with van der Waals surface area (Å²) in [5.41, 5.74) is 0.696. The number of halogens is 1. The summed E-state index contributed by atoms with van der Waals surface area (Å²) < 4.78 is 0.766. The van der Waals surface area contributed by atoms with E-state index in [0.717, 1.165) is 36.8 Å². The van der Waals surface area contributed by atoms with Crippen molar-refractivity contribution < 1.29 is 4.79 Å². The highest BCUT2D eigenvalue weighted by Gasteiger charge is 2.26. The molecule has 3 nitrogen and oxygen atoms in total. The number of amides is 1. The maximum atomic E-state index is 12.5. The van der Waals surface area contributed by atoms with Gasteiger partial charge in [-0.3, -0.25) is 4.79 Å². The van der Waals surface area contributed by atoms with E-state index in [2.05, 4.69) is 27.8 Å². The minimum Gasteiger partial charge on any atom is -0.336 e. The fraction of sp³-hybridized carbons (Fsp3) is 0.571. The Balaban J connectivity index is 2.12. The molecular formula is C14H19BrN2O. The second-order valence-electron chi connectivity index (χ2n) is 4.81. The summed E-state index contributed by atoms with van der Waals surface area (Å²) in [6, 6.07) is 4.09. The van der Waals surface area contributed by atoms with Gasteiger partial charge in [0.2, 0.25) is 0 Å². The Bertz CT molecular complexity index is 403. The van der Waals surface area contributed by atoms with Gasteiger partial charge in [-0.25, -0.2) is 4.98 Å². The molecule has 2 heterocycles. The third-order valence-electron chi connectivity index (χ3n) is 3.48. The smallest absolute Gasteiger partial charge is 0.255 e. The molecule has 0 aromatic carbocycles. The molecule has 0 saturated carbocycles. The van der Waals surface area contributed by atoms with Crippen molar-refractivity contribution in [3.05, 3.63) is 28.5 Å². The fourth-order valence-corrected chi connectivity index (χ4v) is 2.80. The van der Waals surface area contributed by atoms with E-state index in [-0.39, 0.29) is 5.91 Å². The second-order valence-corrected chi connectivity index (χ2v) is 5.62. The summed E-state index contributed by atoms with van der Waals surface area (Å²) >= 11 is 3.29. The van der Waals surface area contributed by atoms with E-state index in [1.807, 2.05) is 17.0 Å². The molecule has 0 radical (unpaired) electrons. The standard InChI is InChI=1S/C14H19BrN2O/c1-2-5-12-6-3-4-9-17(12)14(18)11-7-8-13(15)16-10-11/h7-8,10,12H,2-6,9H2,1H3. The molecule has 0 bridgehead atoms. The first kappa shape index (κ1) is 13.5. The number of rotatable bonds is 3. The lowest BCUT2D eigenvalue weighted by Crippen LogP contribution is -2.43. The van der Waals surface area contributed by atoms with Crippen molar-refractivity contribution in [2.24, 2.45) is 0 Å². The Morgan fingerprint density at radius 1 is 1.50 bits per heavy atom. The van der Waals surface area contributed by atoms with E-state index in [0.29, 0.717) is 11.6 Å². The zero-order valence-corrected chi connectivity index (χ0v) is 12.3. The van der Waals surface area contributed by atoms with Gasteiger partial charge >= 0.3 is 0 Å². The van der Waals surface area contributed by atoms with Crippen molar-refractivity contribution in [2.45, 2.75) is 45.1 Å². The Labute approximate surface area is 117 Å². The van der Waals surface area contributed by atoms with Crippen LogP contribution in [-0.4, -0.2) is 28.4 Å². The van der Waals surface area contributed by atoms with Gasteiger partial charge in [-0.2, -0.15) is 0 Å². The summed E-state index contributed by atoms with van der Waals surface area (Å²) in [4.78, 5) is 18.6. The van der Waals surface area contributed by atoms with Crippen molar-refractivity contribution in [3.63, 3.8) is 0 Å². The van der Waals surface area contributed by atoms with Crippen molar-refractivity contribution in [1.29, 1.82) is 0 Å². The number of aromatic nitrogens is 1. The topological polar surface area (TPSA) is 33.2 Å². The van der Waals surface area contributed by atoms with Crippen LogP contribution in [-0.2, 0) is 0 Å². The molecule has 4 heteroatoms. The van der Waals surface area contributed by atoms with Crippen LogP contribution in [0.4, 0.5) is 0 Å². The summed E-state index contributed by atoms with van der Waals surface area (Å²) in [6.07, 6.45) is 7.40. The summed E-state index contributed by atoms with van der Waals surface area (Å²) in [5.74, 6) is 0.133. The van der Waals surface area contributed by atoms with Crippen LogP contribution in [0.5, 0.6) is 0 Å². The van der Waals surface area contributed by atoms with Gasteiger partial charge in [-0.15, -0.1) is 0 Å². The quantitative estimate of drug-likeness (QED) is 0.799. The Morgan fingerprint density at radius 3 is 3.00 bits per heavy atom. The van der Waals surface area contributed by atoms with Gasteiger partial charge in [0, 0.05) is 18.8 Å². The van der Waals surface area contributed by atoms with Crippen LogP contribution < -0.4 is 0 Å². The second kappa shape index (κ2) is 6.32. The van der Waals surface area contributed by atoms with Gasteiger partial charge in [0.25, 0.3) is 5.91 Å². The highest BCUT2D eigenvalue weighted by Crippen LogP contribution is 2.23. The van der Waals surface area contributed by atoms with Gasteiger partial charge in [0.05, 0.1) is 5.56 Å². The number of nitrogens with zero attached hydrogens (tertiary/aromatic N) is 2. The molecule has 98 valence electrons. The Hall–Kier alpha value is -0.900. The van der Waals surface area contributed by atoms with Crippen molar-refractivity contribution in [2.75, 3.05) is 6.54 Å². The molecule has 1 amide bonds. The number of likely N-dealkylation sites (tertiary alicyclic amines) is 1. The van der Waals surface area contributed by atoms with Crippen LogP contribution in [0.15, 0.2) is 22.9 Å². The van der Waals surface area contributed by atoms with E-state index >= 15 is 0 Å². The zero-order valence-electron chi connectivity index (χ0n) is 10.7. The molecule has 2 rings (SSSR count). The molecule has 1 saturated heterocycles. The van der Waals surface area contributed by atoms with E-state index in [9.17, 15) is 4.79 Å². The summed E-state index contributed by atoms with van der Waals surface area (Å²) in [7, 11) is 0. The minimum atomic E-state index is 0.133. The summed E-state index contributed by atoms with van der Waals surface area (Å²) in [5, 5.41) is 0. The molecule has 0 spiro atoms. The molecule has 0 aliphatic carbocycles. The lowest BCUT2D eigenvalue weighted by molar-refractivity contribution is 0.0600. The minimum absolute atomic E-state index is 0.133. The molecule has 18 heavy (non-hydrogen) atoms. The maximum Gasteiger partial charge on any atom is 0.255 e. The number of pyridine rings is 1. The highest BCUT2D eigenvalue weighted by atomic mass is 79.9. The van der Waals surface area contributed by atoms with E-state index < -0.39 is 0 Å². The Morgan fingerprint density at radius 2 is 2.33 bits per heavy atom. The van der Waals surface area contributed by atoms with E-state index in [1.54, 1.807) is 6.20 Å². The SMILES string of the molecule is CCCC1CCCCN1C(=O)c1ccc(Br)nc1. The van der Waals surface area contributed by atoms with Gasteiger partial charge in [-0.1, -0.05) is 13.3 Å². The average molecular weight is 311 g/mol. The normalized spacial score (nSPS) is 19.9. The monoisotopic (exact) mass is 310 g/mol. The zero-order chi connectivity index (χ0) is 13.0. The first-order chi connectivity index (χ1) is 8.72. The van der Waals surface area contributed by atoms with Crippen molar-refractivity contribution in [1.82, 2.24) is 9.88 Å². The van der Waals surface area contributed by atoms with Crippen molar-refractivity contribution in [3.8, 4) is 0 Å². The van der Waals surface area contributed by atoms with Gasteiger partial charge in [0.15, 0.2) is 0 Å².